The number of aliphatic hydroxyl groups is 1. The van der Waals surface area contributed by atoms with Gasteiger partial charge in [-0.25, -0.2) is 0 Å². The normalized spacial score (nSPS) is 25.0. The Kier molecular flexibility index (Phi) is 4.32. The summed E-state index contributed by atoms with van der Waals surface area (Å²) in [6, 6.07) is 7.96. The highest BCUT2D eigenvalue weighted by Gasteiger charge is 2.24. The van der Waals surface area contributed by atoms with Crippen molar-refractivity contribution >= 4 is 17.2 Å². The minimum absolute atomic E-state index is 0.226. The molecule has 1 aromatic carbocycles. The molecule has 1 heterocycles. The molecule has 3 N–H and O–H groups in total. The topological polar surface area (TPSA) is 49.5 Å². The van der Waals surface area contributed by atoms with Gasteiger partial charge in [0.05, 0.1) is 6.10 Å². The zero-order chi connectivity index (χ0) is 13.1. The molecule has 0 saturated carbocycles. The second kappa shape index (κ2) is 5.78. The largest absolute Gasteiger partial charge is 0.392 e. The molecule has 0 bridgehead atoms. The van der Waals surface area contributed by atoms with E-state index in [2.05, 4.69) is 17.9 Å². The van der Waals surface area contributed by atoms with Crippen molar-refractivity contribution in [3.8, 4) is 0 Å². The summed E-state index contributed by atoms with van der Waals surface area (Å²) in [6.07, 6.45) is 0.812. The van der Waals surface area contributed by atoms with Crippen LogP contribution in [0.4, 0.5) is 0 Å². The molecule has 0 radical (unpaired) electrons. The number of likely N-dealkylation sites (tertiary alicyclic amines) is 1. The van der Waals surface area contributed by atoms with Crippen LogP contribution in [0.5, 0.6) is 0 Å². The number of hydrogen-bond donors (Lipinski definition) is 2. The fraction of sp³-hybridized carbons (Fsp3) is 0.500. The van der Waals surface area contributed by atoms with E-state index < -0.39 is 0 Å². The number of β-amino-alcohol motifs (C(OH)–C–C–N with tert-alkyl or cyclic N) is 1. The van der Waals surface area contributed by atoms with Crippen molar-refractivity contribution in [2.75, 3.05) is 13.1 Å². The number of hydrogen-bond acceptors (Lipinski definition) is 3. The van der Waals surface area contributed by atoms with Gasteiger partial charge in [-0.1, -0.05) is 43.4 Å². The van der Waals surface area contributed by atoms with Gasteiger partial charge in [0.1, 0.15) is 4.99 Å². The highest BCUT2D eigenvalue weighted by atomic mass is 32.1. The first-order chi connectivity index (χ1) is 8.58. The Morgan fingerprint density at radius 1 is 1.50 bits per heavy atom. The highest BCUT2D eigenvalue weighted by Crippen LogP contribution is 2.20. The lowest BCUT2D eigenvalue weighted by molar-refractivity contribution is 0.0259. The van der Waals surface area contributed by atoms with E-state index in [1.54, 1.807) is 0 Å². The van der Waals surface area contributed by atoms with E-state index in [1.807, 2.05) is 18.2 Å². The molecule has 2 unspecified atom stereocenters. The average molecular weight is 264 g/mol. The summed E-state index contributed by atoms with van der Waals surface area (Å²) in [7, 11) is 0. The molecule has 2 atom stereocenters. The van der Waals surface area contributed by atoms with Gasteiger partial charge in [0.2, 0.25) is 0 Å². The minimum Gasteiger partial charge on any atom is -0.392 e. The number of nitrogens with two attached hydrogens (primary N) is 1. The zero-order valence-corrected chi connectivity index (χ0v) is 11.5. The number of aliphatic hydroxyl groups excluding tert-OH is 1. The first-order valence-corrected chi connectivity index (χ1v) is 6.77. The van der Waals surface area contributed by atoms with Crippen LogP contribution in [0.3, 0.4) is 0 Å². The Morgan fingerprint density at radius 3 is 2.89 bits per heavy atom. The van der Waals surface area contributed by atoms with E-state index in [1.165, 1.54) is 0 Å². The van der Waals surface area contributed by atoms with Crippen molar-refractivity contribution in [1.29, 1.82) is 0 Å². The zero-order valence-electron chi connectivity index (χ0n) is 10.7. The maximum absolute atomic E-state index is 9.91. The first-order valence-electron chi connectivity index (χ1n) is 6.36. The molecule has 0 spiro atoms. The number of thiocarbonyl (C=S) groups is 1. The second-order valence-corrected chi connectivity index (χ2v) is 5.53. The summed E-state index contributed by atoms with van der Waals surface area (Å²) in [6.45, 7) is 4.65. The van der Waals surface area contributed by atoms with Gasteiger partial charge in [-0.3, -0.25) is 4.90 Å². The van der Waals surface area contributed by atoms with Crippen LogP contribution < -0.4 is 5.73 Å². The lowest BCUT2D eigenvalue weighted by Gasteiger charge is -2.34. The lowest BCUT2D eigenvalue weighted by Crippen LogP contribution is -2.42. The monoisotopic (exact) mass is 264 g/mol. The van der Waals surface area contributed by atoms with Crippen molar-refractivity contribution in [3.05, 3.63) is 35.4 Å². The summed E-state index contributed by atoms with van der Waals surface area (Å²) in [5, 5.41) is 9.91. The molecule has 1 aromatic rings. The predicted molar refractivity (Wildman–Crippen MR) is 77.4 cm³/mol. The van der Waals surface area contributed by atoms with Gasteiger partial charge in [0, 0.05) is 18.7 Å². The van der Waals surface area contributed by atoms with Crippen molar-refractivity contribution in [2.45, 2.75) is 26.0 Å². The molecule has 0 amide bonds. The molecule has 98 valence electrons. The van der Waals surface area contributed by atoms with Gasteiger partial charge in [-0.05, 0) is 24.4 Å². The van der Waals surface area contributed by atoms with Gasteiger partial charge in [-0.15, -0.1) is 0 Å². The first kappa shape index (κ1) is 13.5. The molecule has 18 heavy (non-hydrogen) atoms. The van der Waals surface area contributed by atoms with Gasteiger partial charge in [0.25, 0.3) is 0 Å². The molecule has 0 aliphatic carbocycles. The van der Waals surface area contributed by atoms with E-state index >= 15 is 0 Å². The van der Waals surface area contributed by atoms with Crippen LogP contribution in [-0.4, -0.2) is 34.2 Å². The maximum atomic E-state index is 9.91. The van der Waals surface area contributed by atoms with E-state index in [-0.39, 0.29) is 6.10 Å². The van der Waals surface area contributed by atoms with Gasteiger partial charge in [0.15, 0.2) is 0 Å². The quantitative estimate of drug-likeness (QED) is 0.813. The smallest absolute Gasteiger partial charge is 0.104 e. The van der Waals surface area contributed by atoms with Crippen LogP contribution in [0.25, 0.3) is 0 Å². The molecule has 1 aliphatic heterocycles. The Labute approximate surface area is 114 Å². The standard InChI is InChI=1S/C14H20N2OS/c1-10-6-7-16(9-13(10)17)8-11-4-2-3-5-12(11)14(15)18/h2-5,10,13,17H,6-9H2,1H3,(H2,15,18). The molecule has 3 nitrogen and oxygen atoms in total. The summed E-state index contributed by atoms with van der Waals surface area (Å²) < 4.78 is 0. The van der Waals surface area contributed by atoms with Crippen LogP contribution in [0.1, 0.15) is 24.5 Å². The number of benzene rings is 1. The van der Waals surface area contributed by atoms with E-state index in [0.29, 0.717) is 10.9 Å². The molecular formula is C14H20N2OS. The number of rotatable bonds is 3. The van der Waals surface area contributed by atoms with Crippen molar-refractivity contribution < 1.29 is 5.11 Å². The van der Waals surface area contributed by atoms with Crippen LogP contribution in [0.15, 0.2) is 24.3 Å². The molecule has 1 saturated heterocycles. The van der Waals surface area contributed by atoms with Crippen LogP contribution in [-0.2, 0) is 6.54 Å². The van der Waals surface area contributed by atoms with Gasteiger partial charge < -0.3 is 10.8 Å². The Hall–Kier alpha value is -0.970. The highest BCUT2D eigenvalue weighted by molar-refractivity contribution is 7.80. The predicted octanol–water partition coefficient (Wildman–Crippen LogP) is 1.52. The third kappa shape index (κ3) is 3.07. The lowest BCUT2D eigenvalue weighted by atomic mass is 9.95. The number of nitrogens with zero attached hydrogens (tertiary/aromatic N) is 1. The SMILES string of the molecule is CC1CCN(Cc2ccccc2C(N)=S)CC1O. The van der Waals surface area contributed by atoms with Gasteiger partial charge in [-0.2, -0.15) is 0 Å². The van der Waals surface area contributed by atoms with Crippen molar-refractivity contribution in [2.24, 2.45) is 11.7 Å². The third-order valence-corrected chi connectivity index (χ3v) is 3.90. The number of piperidine rings is 1. The summed E-state index contributed by atoms with van der Waals surface area (Å²) in [5.41, 5.74) is 7.82. The summed E-state index contributed by atoms with van der Waals surface area (Å²) in [5.74, 6) is 0.395. The van der Waals surface area contributed by atoms with E-state index in [4.69, 9.17) is 18.0 Å². The second-order valence-electron chi connectivity index (χ2n) is 5.09. The molecule has 0 aromatic heterocycles. The van der Waals surface area contributed by atoms with E-state index in [9.17, 15) is 5.11 Å². The minimum atomic E-state index is -0.226. The fourth-order valence-corrected chi connectivity index (χ4v) is 2.60. The van der Waals surface area contributed by atoms with Crippen LogP contribution in [0, 0.1) is 5.92 Å². The molecule has 4 heteroatoms. The molecule has 1 aliphatic rings. The third-order valence-electron chi connectivity index (χ3n) is 3.68. The molecular weight excluding hydrogens is 244 g/mol. The van der Waals surface area contributed by atoms with Crippen LogP contribution >= 0.6 is 12.2 Å². The van der Waals surface area contributed by atoms with E-state index in [0.717, 1.165) is 37.2 Å². The Bertz CT molecular complexity index is 436. The van der Waals surface area contributed by atoms with Crippen molar-refractivity contribution in [1.82, 2.24) is 4.90 Å². The average Bonchev–Trinajstić information content (AvgIpc) is 2.34. The van der Waals surface area contributed by atoms with Gasteiger partial charge >= 0.3 is 0 Å². The Morgan fingerprint density at radius 2 is 2.22 bits per heavy atom. The van der Waals surface area contributed by atoms with Crippen molar-refractivity contribution in [3.63, 3.8) is 0 Å². The summed E-state index contributed by atoms with van der Waals surface area (Å²) in [4.78, 5) is 2.71. The van der Waals surface area contributed by atoms with Crippen LogP contribution in [0.2, 0.25) is 0 Å². The fourth-order valence-electron chi connectivity index (χ4n) is 2.40. The molecule has 2 rings (SSSR count). The maximum Gasteiger partial charge on any atom is 0.104 e. The summed E-state index contributed by atoms with van der Waals surface area (Å²) >= 11 is 5.07. The Balaban J connectivity index is 2.08. The molecule has 1 fully saturated rings.